The number of rotatable bonds is 12. The molecular formula is C72H70F3N21O2. The van der Waals surface area contributed by atoms with Crippen molar-refractivity contribution in [1.29, 1.82) is 0 Å². The maximum Gasteiger partial charge on any atom is 0.410 e. The number of carbonyl (C=O) groups excluding carboxylic acids is 1. The van der Waals surface area contributed by atoms with Gasteiger partial charge in [-0.15, -0.1) is 0 Å². The first-order valence-corrected chi connectivity index (χ1v) is 33.1. The van der Waals surface area contributed by atoms with Crippen molar-refractivity contribution in [2.75, 3.05) is 61.0 Å². The third kappa shape index (κ3) is 12.1. The first-order valence-electron chi connectivity index (χ1n) is 33.1. The predicted molar refractivity (Wildman–Crippen MR) is 364 cm³/mol. The van der Waals surface area contributed by atoms with Crippen molar-refractivity contribution in [2.24, 2.45) is 0 Å². The first kappa shape index (κ1) is 62.0. The van der Waals surface area contributed by atoms with E-state index in [2.05, 4.69) is 76.8 Å². The molecule has 15 heterocycles. The van der Waals surface area contributed by atoms with E-state index in [0.29, 0.717) is 112 Å². The van der Waals surface area contributed by atoms with Gasteiger partial charge in [0, 0.05) is 105 Å². The summed E-state index contributed by atoms with van der Waals surface area (Å²) in [6.07, 6.45) is 19.3. The van der Waals surface area contributed by atoms with Gasteiger partial charge in [-0.1, -0.05) is 54.6 Å². The van der Waals surface area contributed by atoms with Gasteiger partial charge in [-0.2, -0.15) is 15.3 Å². The number of fused-ring (bicyclic) bond motifs is 9. The summed E-state index contributed by atoms with van der Waals surface area (Å²) >= 11 is 0. The summed E-state index contributed by atoms with van der Waals surface area (Å²) in [5.74, 6) is 0.786. The van der Waals surface area contributed by atoms with Crippen LogP contribution in [-0.2, 0) is 24.4 Å². The van der Waals surface area contributed by atoms with Crippen LogP contribution in [0.3, 0.4) is 0 Å². The van der Waals surface area contributed by atoms with Crippen LogP contribution >= 0.6 is 0 Å². The lowest BCUT2D eigenvalue weighted by molar-refractivity contribution is 0.0214. The summed E-state index contributed by atoms with van der Waals surface area (Å²) in [5, 5.41) is 20.1. The Bertz CT molecular complexity index is 4910. The van der Waals surface area contributed by atoms with E-state index >= 15 is 0 Å². The third-order valence-electron chi connectivity index (χ3n) is 19.3. The lowest BCUT2D eigenvalue weighted by atomic mass is 10.2. The Labute approximate surface area is 562 Å². The Morgan fingerprint density at radius 2 is 0.847 bits per heavy atom. The molecule has 1 N–H and O–H groups in total. The second-order valence-electron chi connectivity index (χ2n) is 26.8. The molecule has 0 saturated carbocycles. The van der Waals surface area contributed by atoms with Crippen molar-refractivity contribution in [2.45, 2.75) is 102 Å². The fourth-order valence-electron chi connectivity index (χ4n) is 14.6. The fourth-order valence-corrected chi connectivity index (χ4v) is 14.6. The molecule has 6 saturated heterocycles. The number of aromatic nitrogens is 15. The van der Waals surface area contributed by atoms with Crippen LogP contribution in [0.2, 0.25) is 0 Å². The van der Waals surface area contributed by atoms with Crippen LogP contribution in [0.5, 0.6) is 0 Å². The van der Waals surface area contributed by atoms with Gasteiger partial charge in [0.2, 0.25) is 0 Å². The number of likely N-dealkylation sites (tertiary alicyclic amines) is 2. The van der Waals surface area contributed by atoms with Gasteiger partial charge >= 0.3 is 6.09 Å². The Morgan fingerprint density at radius 3 is 1.18 bits per heavy atom. The minimum atomic E-state index is -0.510. The molecular weight excluding hydrogens is 1250 g/mol. The molecule has 23 nitrogen and oxygen atoms in total. The first-order chi connectivity index (χ1) is 47.7. The van der Waals surface area contributed by atoms with Crippen LogP contribution in [0.4, 0.5) is 35.0 Å². The van der Waals surface area contributed by atoms with Crippen molar-refractivity contribution < 1.29 is 22.7 Å². The van der Waals surface area contributed by atoms with Gasteiger partial charge in [0.15, 0.2) is 34.4 Å². The van der Waals surface area contributed by atoms with E-state index in [0.717, 1.165) is 72.4 Å². The molecule has 18 rings (SSSR count). The summed E-state index contributed by atoms with van der Waals surface area (Å²) in [6, 6.07) is 34.1. The average Bonchev–Trinajstić information content (AvgIpc) is 1.60. The number of benzene rings is 3. The Balaban J connectivity index is 0.000000116. The van der Waals surface area contributed by atoms with Crippen molar-refractivity contribution in [3.63, 3.8) is 0 Å². The van der Waals surface area contributed by atoms with E-state index < -0.39 is 5.60 Å². The van der Waals surface area contributed by atoms with Crippen LogP contribution in [0.15, 0.2) is 165 Å². The number of anilines is 3. The van der Waals surface area contributed by atoms with Gasteiger partial charge in [0.1, 0.15) is 40.1 Å². The lowest BCUT2D eigenvalue weighted by Gasteiger charge is -2.36. The molecule has 6 fully saturated rings. The largest absolute Gasteiger partial charge is 0.444 e. The average molecular weight is 1320 g/mol. The third-order valence-corrected chi connectivity index (χ3v) is 19.3. The lowest BCUT2D eigenvalue weighted by Crippen LogP contribution is -2.50. The zero-order valence-electron chi connectivity index (χ0n) is 54.4. The number of pyridine rings is 3. The maximum absolute atomic E-state index is 14.3. The van der Waals surface area contributed by atoms with Crippen molar-refractivity contribution in [3.8, 4) is 34.6 Å². The maximum atomic E-state index is 14.3. The molecule has 6 bridgehead atoms. The number of ether oxygens (including phenoxy) is 1. The van der Waals surface area contributed by atoms with E-state index in [-0.39, 0.29) is 42.2 Å². The van der Waals surface area contributed by atoms with Gasteiger partial charge in [-0.25, -0.2) is 76.9 Å². The second kappa shape index (κ2) is 25.6. The molecule has 9 aromatic heterocycles. The van der Waals surface area contributed by atoms with Crippen molar-refractivity contribution in [3.05, 3.63) is 199 Å². The number of carbonyl (C=O) groups is 1. The highest BCUT2D eigenvalue weighted by Crippen LogP contribution is 2.38. The quantitative estimate of drug-likeness (QED) is 0.120. The number of likely N-dealkylation sites (N-methyl/N-ethyl adjacent to an activating group) is 1. The number of halogens is 3. The number of amides is 1. The molecule has 12 aromatic rings. The van der Waals surface area contributed by atoms with Gasteiger partial charge in [0.05, 0.1) is 96.1 Å². The topological polar surface area (TPSA) is 224 Å². The van der Waals surface area contributed by atoms with E-state index in [1.165, 1.54) is 31.0 Å². The van der Waals surface area contributed by atoms with Gasteiger partial charge in [0.25, 0.3) is 0 Å². The molecule has 496 valence electrons. The minimum absolute atomic E-state index is 0.114. The van der Waals surface area contributed by atoms with Crippen LogP contribution in [0, 0.1) is 17.5 Å². The van der Waals surface area contributed by atoms with Crippen molar-refractivity contribution >= 4 is 56.3 Å². The molecule has 6 aliphatic heterocycles. The molecule has 0 aliphatic carbocycles. The summed E-state index contributed by atoms with van der Waals surface area (Å²) in [5.41, 5.74) is 8.10. The second-order valence-corrected chi connectivity index (χ2v) is 26.8. The van der Waals surface area contributed by atoms with Gasteiger partial charge < -0.3 is 29.7 Å². The smallest absolute Gasteiger partial charge is 0.410 e. The van der Waals surface area contributed by atoms with Crippen LogP contribution in [0.1, 0.15) is 56.7 Å². The summed E-state index contributed by atoms with van der Waals surface area (Å²) < 4.78 is 53.3. The predicted octanol–water partition coefficient (Wildman–Crippen LogP) is 9.87. The minimum Gasteiger partial charge on any atom is -0.444 e. The molecule has 6 unspecified atom stereocenters. The molecule has 0 spiro atoms. The van der Waals surface area contributed by atoms with Gasteiger partial charge in [-0.05, 0) is 102 Å². The number of hydrogen-bond acceptors (Lipinski definition) is 19. The van der Waals surface area contributed by atoms with Crippen LogP contribution in [0.25, 0.3) is 67.7 Å². The monoisotopic (exact) mass is 1320 g/mol. The molecule has 3 aromatic carbocycles. The van der Waals surface area contributed by atoms with Crippen molar-refractivity contribution in [1.82, 2.24) is 89.3 Å². The normalized spacial score (nSPS) is 20.0. The highest BCUT2D eigenvalue weighted by atomic mass is 19.1. The standard InChI is InChI=1S/C27H28FN7O2.C23H22FN7.C22H20FN7/c1-27(2,3)37-26(36)34-16-18-11-19(34)15-33(18)20-12-30-24(31-13-20)23-21-8-6-10-29-25(21)35(32-23)14-17-7-4-5-9-22(17)28;1-29-13-17-9-16(29)14-30(17)18-10-26-22(27-11-18)21-19-6-4-8-25-23(19)31(28-21)12-15-5-2-3-7-20(15)24;23-19-6-2-1-4-14(19)12-30-22-18(5-3-7-24-22)20(28-30)21-26-10-17(11-27-21)29-13-15-8-16(29)9-25-15/h4-10,12-13,18-19H,11,14-16H2,1-3H3;2-8,10-11,16-17H,9,12-14H2,1H3;1-7,10-11,15-16,25H,8-9,12-13H2. The number of nitrogens with zero attached hydrogens (tertiary/aromatic N) is 20. The van der Waals surface area contributed by atoms with E-state index in [4.69, 9.17) is 20.0 Å². The Morgan fingerprint density at radius 1 is 0.459 bits per heavy atom. The Kier molecular flexibility index (Phi) is 16.2. The van der Waals surface area contributed by atoms with Gasteiger partial charge in [-0.3, -0.25) is 4.90 Å². The van der Waals surface area contributed by atoms with E-state index in [9.17, 15) is 18.0 Å². The van der Waals surface area contributed by atoms with Crippen LogP contribution < -0.4 is 20.0 Å². The molecule has 26 heteroatoms. The van der Waals surface area contributed by atoms with Crippen LogP contribution in [-0.4, -0.2) is 178 Å². The van der Waals surface area contributed by atoms with E-state index in [1.54, 1.807) is 87.5 Å². The molecule has 98 heavy (non-hydrogen) atoms. The molecule has 0 radical (unpaired) electrons. The summed E-state index contributed by atoms with van der Waals surface area (Å²) in [6.45, 7) is 12.0. The number of nitrogens with one attached hydrogen (secondary N) is 1. The fraction of sp³-hybridized carbons (Fsp3) is 0.319. The highest BCUT2D eigenvalue weighted by molar-refractivity contribution is 5.91. The zero-order valence-corrected chi connectivity index (χ0v) is 54.4. The Hall–Kier alpha value is -10.9. The molecule has 6 atom stereocenters. The SMILES string of the molecule is CC(C)(C)OC(=O)N1CC2CC1CN2c1cnc(-c2nn(Cc3ccccc3F)c3ncccc23)nc1.CN1CC2CC1CN2c1cnc(-c2nn(Cc3ccccc3F)c3ncccc23)nc1.Fc1ccccc1Cn1nc(-c2ncc(N3CC4CC3CN4)cn2)c2cccnc21. The van der Waals surface area contributed by atoms with E-state index in [1.807, 2.05) is 99.0 Å². The summed E-state index contributed by atoms with van der Waals surface area (Å²) in [7, 11) is 2.19. The highest BCUT2D eigenvalue weighted by Gasteiger charge is 2.47. The number of hydrogen-bond donors (Lipinski definition) is 1. The molecule has 6 aliphatic rings. The number of piperazine rings is 3. The summed E-state index contributed by atoms with van der Waals surface area (Å²) in [4.78, 5) is 65.1. The zero-order chi connectivity index (χ0) is 66.8. The molecule has 1 amide bonds.